The molecule has 7 heteroatoms. The summed E-state index contributed by atoms with van der Waals surface area (Å²) in [6.45, 7) is 12.9. The smallest absolute Gasteiger partial charge is 0.191 e. The lowest BCUT2D eigenvalue weighted by Crippen LogP contribution is -2.39. The molecule has 7 nitrogen and oxygen atoms in total. The van der Waals surface area contributed by atoms with Crippen molar-refractivity contribution in [3.8, 4) is 0 Å². The molecule has 0 aliphatic heterocycles. The van der Waals surface area contributed by atoms with Gasteiger partial charge in [0.2, 0.25) is 0 Å². The van der Waals surface area contributed by atoms with Crippen LogP contribution in [0.3, 0.4) is 0 Å². The van der Waals surface area contributed by atoms with Gasteiger partial charge in [-0.15, -0.1) is 10.2 Å². The van der Waals surface area contributed by atoms with Crippen LogP contribution in [0.25, 0.3) is 0 Å². The zero-order chi connectivity index (χ0) is 17.1. The van der Waals surface area contributed by atoms with Crippen molar-refractivity contribution in [3.63, 3.8) is 0 Å². The predicted octanol–water partition coefficient (Wildman–Crippen LogP) is 1.13. The van der Waals surface area contributed by atoms with Crippen molar-refractivity contribution < 1.29 is 0 Å². The van der Waals surface area contributed by atoms with Crippen LogP contribution in [0, 0.1) is 0 Å². The van der Waals surface area contributed by atoms with E-state index in [4.69, 9.17) is 0 Å². The first-order valence-electron chi connectivity index (χ1n) is 8.71. The summed E-state index contributed by atoms with van der Waals surface area (Å²) in [5.41, 5.74) is 0. The number of likely N-dealkylation sites (N-methyl/N-ethyl adjacent to an activating group) is 1. The Morgan fingerprint density at radius 3 is 2.78 bits per heavy atom. The van der Waals surface area contributed by atoms with Gasteiger partial charge in [0, 0.05) is 38.6 Å². The molecule has 0 saturated carbocycles. The molecule has 0 spiro atoms. The molecule has 23 heavy (non-hydrogen) atoms. The summed E-state index contributed by atoms with van der Waals surface area (Å²) < 4.78 is 2.08. The molecule has 0 aromatic carbocycles. The first-order chi connectivity index (χ1) is 11.1. The fourth-order valence-electron chi connectivity index (χ4n) is 2.23. The first kappa shape index (κ1) is 19.4. The lowest BCUT2D eigenvalue weighted by Gasteiger charge is -2.22. The first-order valence-corrected chi connectivity index (χ1v) is 8.71. The fraction of sp³-hybridized carbons (Fsp3) is 0.812. The van der Waals surface area contributed by atoms with Gasteiger partial charge in [-0.05, 0) is 27.3 Å². The minimum absolute atomic E-state index is 0.599. The van der Waals surface area contributed by atoms with E-state index in [0.29, 0.717) is 6.04 Å². The molecule has 1 rings (SSSR count). The van der Waals surface area contributed by atoms with Gasteiger partial charge >= 0.3 is 0 Å². The second kappa shape index (κ2) is 11.0. The maximum atomic E-state index is 4.64. The van der Waals surface area contributed by atoms with E-state index >= 15 is 0 Å². The molecule has 0 aliphatic carbocycles. The Morgan fingerprint density at radius 2 is 2.13 bits per heavy atom. The molecule has 0 saturated heterocycles. The van der Waals surface area contributed by atoms with Crippen LogP contribution in [-0.4, -0.2) is 64.9 Å². The number of hydrogen-bond donors (Lipinski definition) is 2. The van der Waals surface area contributed by atoms with E-state index in [9.17, 15) is 0 Å². The minimum Gasteiger partial charge on any atom is -0.357 e. The minimum atomic E-state index is 0.599. The van der Waals surface area contributed by atoms with Crippen LogP contribution in [0.4, 0.5) is 0 Å². The number of nitrogens with zero attached hydrogens (tertiary/aromatic N) is 5. The highest BCUT2D eigenvalue weighted by atomic mass is 15.3. The van der Waals surface area contributed by atoms with Gasteiger partial charge < -0.3 is 20.1 Å². The van der Waals surface area contributed by atoms with Crippen LogP contribution in [0.15, 0.2) is 11.3 Å². The molecule has 1 heterocycles. The van der Waals surface area contributed by atoms with Crippen LogP contribution in [-0.2, 0) is 13.0 Å². The van der Waals surface area contributed by atoms with Crippen LogP contribution >= 0.6 is 0 Å². The second-order valence-electron chi connectivity index (χ2n) is 5.72. The third-order valence-electron chi connectivity index (χ3n) is 4.07. The van der Waals surface area contributed by atoms with Crippen molar-refractivity contribution in [1.29, 1.82) is 0 Å². The Bertz CT molecular complexity index is 455. The highest BCUT2D eigenvalue weighted by Gasteiger charge is 2.06. The molecule has 0 amide bonds. The Kier molecular flexibility index (Phi) is 9.28. The largest absolute Gasteiger partial charge is 0.357 e. The van der Waals surface area contributed by atoms with Gasteiger partial charge in [0.1, 0.15) is 12.2 Å². The summed E-state index contributed by atoms with van der Waals surface area (Å²) in [7, 11) is 2.16. The number of guanidine groups is 1. The second-order valence-corrected chi connectivity index (χ2v) is 5.72. The van der Waals surface area contributed by atoms with E-state index in [0.717, 1.165) is 57.3 Å². The van der Waals surface area contributed by atoms with E-state index in [2.05, 4.69) is 70.0 Å². The molecule has 0 bridgehead atoms. The summed E-state index contributed by atoms with van der Waals surface area (Å²) in [6.07, 6.45) is 3.85. The van der Waals surface area contributed by atoms with Crippen molar-refractivity contribution in [2.24, 2.45) is 4.99 Å². The lowest BCUT2D eigenvalue weighted by atomic mass is 10.2. The highest BCUT2D eigenvalue weighted by molar-refractivity contribution is 5.79. The number of hydrogen-bond acceptors (Lipinski definition) is 4. The van der Waals surface area contributed by atoms with E-state index < -0.39 is 0 Å². The molecule has 1 atom stereocenters. The maximum Gasteiger partial charge on any atom is 0.191 e. The van der Waals surface area contributed by atoms with Crippen LogP contribution in [0.2, 0.25) is 0 Å². The standard InChI is InChI=1S/C16H33N7/c1-6-14(4)22(5)11-9-18-16(17-8-3)19-10-12-23-13-20-21-15(23)7-2/h13-14H,6-12H2,1-5H3,(H2,17,18,19). The zero-order valence-corrected chi connectivity index (χ0v) is 15.3. The number of nitrogens with one attached hydrogen (secondary N) is 2. The molecule has 0 aliphatic rings. The van der Waals surface area contributed by atoms with E-state index in [-0.39, 0.29) is 0 Å². The predicted molar refractivity (Wildman–Crippen MR) is 95.8 cm³/mol. The van der Waals surface area contributed by atoms with Crippen LogP contribution < -0.4 is 10.6 Å². The van der Waals surface area contributed by atoms with E-state index in [1.807, 2.05) is 0 Å². The Hall–Kier alpha value is -1.63. The molecule has 2 N–H and O–H groups in total. The van der Waals surface area contributed by atoms with Crippen LogP contribution in [0.5, 0.6) is 0 Å². The zero-order valence-electron chi connectivity index (χ0n) is 15.3. The summed E-state index contributed by atoms with van der Waals surface area (Å²) in [4.78, 5) is 6.99. The average Bonchev–Trinajstić information content (AvgIpc) is 3.01. The molecular weight excluding hydrogens is 290 g/mol. The molecule has 0 radical (unpaired) electrons. The van der Waals surface area contributed by atoms with Crippen LogP contribution in [0.1, 0.15) is 39.9 Å². The van der Waals surface area contributed by atoms with Crippen molar-refractivity contribution in [3.05, 3.63) is 12.2 Å². The molecule has 132 valence electrons. The molecule has 1 unspecified atom stereocenters. The third-order valence-corrected chi connectivity index (χ3v) is 4.07. The molecule has 1 aromatic rings. The molecular formula is C16H33N7. The molecule has 0 fully saturated rings. The van der Waals surface area contributed by atoms with Gasteiger partial charge in [0.25, 0.3) is 0 Å². The van der Waals surface area contributed by atoms with Gasteiger partial charge in [-0.1, -0.05) is 13.8 Å². The highest BCUT2D eigenvalue weighted by Crippen LogP contribution is 1.99. The summed E-state index contributed by atoms with van der Waals surface area (Å²) in [6, 6.07) is 0.599. The topological polar surface area (TPSA) is 70.4 Å². The number of rotatable bonds is 10. The SMILES string of the molecule is CCNC(=NCCN(C)C(C)CC)NCCn1cnnc1CC. The van der Waals surface area contributed by atoms with Gasteiger partial charge in [-0.3, -0.25) is 4.99 Å². The monoisotopic (exact) mass is 323 g/mol. The summed E-state index contributed by atoms with van der Waals surface area (Å²) in [5, 5.41) is 14.7. The van der Waals surface area contributed by atoms with Gasteiger partial charge in [-0.2, -0.15) is 0 Å². The lowest BCUT2D eigenvalue weighted by molar-refractivity contribution is 0.259. The van der Waals surface area contributed by atoms with Gasteiger partial charge in [0.05, 0.1) is 6.54 Å². The maximum absolute atomic E-state index is 4.64. The van der Waals surface area contributed by atoms with Crippen molar-refractivity contribution in [1.82, 2.24) is 30.3 Å². The quantitative estimate of drug-likeness (QED) is 0.499. The van der Waals surface area contributed by atoms with E-state index in [1.165, 1.54) is 0 Å². The normalized spacial score (nSPS) is 13.4. The Balaban J connectivity index is 2.40. The molecule has 1 aromatic heterocycles. The van der Waals surface area contributed by atoms with Gasteiger partial charge in [0.15, 0.2) is 5.96 Å². The van der Waals surface area contributed by atoms with Crippen molar-refractivity contribution in [2.75, 3.05) is 33.2 Å². The number of aromatic nitrogens is 3. The summed E-state index contributed by atoms with van der Waals surface area (Å²) in [5.74, 6) is 1.89. The Labute approximate surface area is 140 Å². The van der Waals surface area contributed by atoms with Gasteiger partial charge in [-0.25, -0.2) is 0 Å². The fourth-order valence-corrected chi connectivity index (χ4v) is 2.23. The number of aryl methyl sites for hydroxylation is 1. The summed E-state index contributed by atoms with van der Waals surface area (Å²) >= 11 is 0. The number of aliphatic imine (C=N–C) groups is 1. The third kappa shape index (κ3) is 6.99. The van der Waals surface area contributed by atoms with Crippen molar-refractivity contribution in [2.45, 2.75) is 53.1 Å². The van der Waals surface area contributed by atoms with Crippen molar-refractivity contribution >= 4 is 5.96 Å². The average molecular weight is 323 g/mol. The Morgan fingerprint density at radius 1 is 1.35 bits per heavy atom. The van der Waals surface area contributed by atoms with E-state index in [1.54, 1.807) is 6.33 Å².